The third-order valence-corrected chi connectivity index (χ3v) is 3.09. The smallest absolute Gasteiger partial charge is 0.259 e. The number of phenolic OH excluding ortho intramolecular Hbond substituents is 1. The number of phenols is 1. The summed E-state index contributed by atoms with van der Waals surface area (Å²) in [6.45, 7) is 0. The number of hydrogen-bond donors (Lipinski definition) is 2. The average Bonchev–Trinajstić information content (AvgIpc) is 2.87. The average molecular weight is 289 g/mol. The Labute approximate surface area is 118 Å². The van der Waals surface area contributed by atoms with Crippen LogP contribution in [0.2, 0.25) is 5.02 Å². The van der Waals surface area contributed by atoms with Crippen LogP contribution in [0.3, 0.4) is 0 Å². The predicted molar refractivity (Wildman–Crippen MR) is 74.1 cm³/mol. The van der Waals surface area contributed by atoms with Gasteiger partial charge in [0.2, 0.25) is 0 Å². The van der Waals surface area contributed by atoms with Crippen LogP contribution in [0.5, 0.6) is 5.75 Å². The van der Waals surface area contributed by atoms with Crippen molar-refractivity contribution in [3.8, 4) is 5.75 Å². The molecule has 0 radical (unpaired) electrons. The molecule has 3 aromatic rings. The van der Waals surface area contributed by atoms with Gasteiger partial charge in [-0.15, -0.1) is 0 Å². The van der Waals surface area contributed by atoms with Crippen molar-refractivity contribution < 1.29 is 9.90 Å². The van der Waals surface area contributed by atoms with Crippen molar-refractivity contribution in [2.24, 2.45) is 0 Å². The minimum absolute atomic E-state index is 0.0917. The molecule has 0 aliphatic carbocycles. The monoisotopic (exact) mass is 288 g/mol. The second-order valence-electron chi connectivity index (χ2n) is 4.08. The van der Waals surface area contributed by atoms with Gasteiger partial charge in [-0.3, -0.25) is 9.78 Å². The van der Waals surface area contributed by atoms with E-state index in [0.29, 0.717) is 16.8 Å². The van der Waals surface area contributed by atoms with Gasteiger partial charge >= 0.3 is 0 Å². The highest BCUT2D eigenvalue weighted by atomic mass is 35.5. The zero-order chi connectivity index (χ0) is 14.1. The molecule has 100 valence electrons. The van der Waals surface area contributed by atoms with E-state index < -0.39 is 0 Å². The van der Waals surface area contributed by atoms with Crippen LogP contribution in [0.25, 0.3) is 5.52 Å². The number of rotatable bonds is 2. The predicted octanol–water partition coefficient (Wildman–Crippen LogP) is 2.34. The first-order valence-electron chi connectivity index (χ1n) is 5.72. The van der Waals surface area contributed by atoms with Crippen molar-refractivity contribution in [1.82, 2.24) is 14.6 Å². The molecule has 0 fully saturated rings. The Hall–Kier alpha value is -2.60. The Morgan fingerprint density at radius 3 is 3.00 bits per heavy atom. The fourth-order valence-electron chi connectivity index (χ4n) is 1.80. The summed E-state index contributed by atoms with van der Waals surface area (Å²) in [6, 6.07) is 4.48. The Bertz CT molecular complexity index is 800. The normalized spacial score (nSPS) is 10.7. The van der Waals surface area contributed by atoms with Crippen molar-refractivity contribution in [3.05, 3.63) is 53.6 Å². The highest BCUT2D eigenvalue weighted by Gasteiger charge is 2.13. The van der Waals surface area contributed by atoms with Crippen LogP contribution in [0, 0.1) is 0 Å². The number of aromatic nitrogens is 3. The quantitative estimate of drug-likeness (QED) is 0.758. The van der Waals surface area contributed by atoms with Crippen molar-refractivity contribution in [2.75, 3.05) is 5.32 Å². The van der Waals surface area contributed by atoms with Gasteiger partial charge in [0, 0.05) is 24.1 Å². The number of hydrogen-bond acceptors (Lipinski definition) is 4. The zero-order valence-corrected chi connectivity index (χ0v) is 10.9. The fourth-order valence-corrected chi connectivity index (χ4v) is 1.92. The SMILES string of the molecule is O=C(Nc1ccc(Cl)c(O)c1)c1cnn2ccncc12. The molecule has 1 amide bonds. The topological polar surface area (TPSA) is 79.5 Å². The Morgan fingerprint density at radius 2 is 2.20 bits per heavy atom. The number of benzene rings is 1. The molecule has 2 N–H and O–H groups in total. The van der Waals surface area contributed by atoms with E-state index in [-0.39, 0.29) is 16.7 Å². The number of nitrogens with zero attached hydrogens (tertiary/aromatic N) is 3. The van der Waals surface area contributed by atoms with Crippen LogP contribution in [0.1, 0.15) is 10.4 Å². The van der Waals surface area contributed by atoms with Gasteiger partial charge in [-0.2, -0.15) is 5.10 Å². The van der Waals surface area contributed by atoms with Gasteiger partial charge in [0.1, 0.15) is 5.75 Å². The first-order valence-corrected chi connectivity index (χ1v) is 6.10. The van der Waals surface area contributed by atoms with Gasteiger partial charge in [0.05, 0.1) is 28.5 Å². The number of amides is 1. The Morgan fingerprint density at radius 1 is 1.35 bits per heavy atom. The standard InChI is InChI=1S/C13H9ClN4O2/c14-10-2-1-8(5-12(10)19)17-13(20)9-6-16-18-4-3-15-7-11(9)18/h1-7,19H,(H,17,20). The van der Waals surface area contributed by atoms with Crippen molar-refractivity contribution in [2.45, 2.75) is 0 Å². The molecule has 20 heavy (non-hydrogen) atoms. The van der Waals surface area contributed by atoms with Crippen LogP contribution < -0.4 is 5.32 Å². The van der Waals surface area contributed by atoms with Crippen LogP contribution in [-0.2, 0) is 0 Å². The summed E-state index contributed by atoms with van der Waals surface area (Å²) in [4.78, 5) is 16.1. The van der Waals surface area contributed by atoms with Gasteiger partial charge in [-0.25, -0.2) is 4.52 Å². The number of anilines is 1. The molecule has 0 aliphatic rings. The second kappa shape index (κ2) is 4.82. The van der Waals surface area contributed by atoms with E-state index >= 15 is 0 Å². The molecule has 0 spiro atoms. The number of nitrogens with one attached hydrogen (secondary N) is 1. The summed E-state index contributed by atoms with van der Waals surface area (Å²) in [5.41, 5.74) is 1.44. The maximum absolute atomic E-state index is 12.2. The van der Waals surface area contributed by atoms with Crippen LogP contribution in [0.15, 0.2) is 43.0 Å². The lowest BCUT2D eigenvalue weighted by atomic mass is 10.2. The lowest BCUT2D eigenvalue weighted by molar-refractivity contribution is 0.102. The minimum atomic E-state index is -0.338. The summed E-state index contributed by atoms with van der Waals surface area (Å²) in [7, 11) is 0. The molecular weight excluding hydrogens is 280 g/mol. The van der Waals surface area contributed by atoms with E-state index in [2.05, 4.69) is 15.4 Å². The molecule has 1 aromatic carbocycles. The molecule has 0 saturated carbocycles. The van der Waals surface area contributed by atoms with E-state index in [9.17, 15) is 9.90 Å². The highest BCUT2D eigenvalue weighted by Crippen LogP contribution is 2.26. The largest absolute Gasteiger partial charge is 0.506 e. The molecule has 0 unspecified atom stereocenters. The van der Waals surface area contributed by atoms with E-state index in [1.54, 1.807) is 29.2 Å². The third-order valence-electron chi connectivity index (χ3n) is 2.77. The van der Waals surface area contributed by atoms with Crippen molar-refractivity contribution in [3.63, 3.8) is 0 Å². The first-order chi connectivity index (χ1) is 9.65. The zero-order valence-electron chi connectivity index (χ0n) is 10.1. The summed E-state index contributed by atoms with van der Waals surface area (Å²) in [5, 5.41) is 16.5. The summed E-state index contributed by atoms with van der Waals surface area (Å²) in [6.07, 6.45) is 6.25. The van der Waals surface area contributed by atoms with Gasteiger partial charge in [0.15, 0.2) is 0 Å². The Balaban J connectivity index is 1.91. The highest BCUT2D eigenvalue weighted by molar-refractivity contribution is 6.32. The molecule has 0 saturated heterocycles. The molecule has 2 aromatic heterocycles. The lowest BCUT2D eigenvalue weighted by Gasteiger charge is -2.05. The van der Waals surface area contributed by atoms with E-state index in [0.717, 1.165) is 0 Å². The summed E-state index contributed by atoms with van der Waals surface area (Å²) < 4.78 is 1.56. The van der Waals surface area contributed by atoms with Crippen LogP contribution in [-0.4, -0.2) is 25.6 Å². The first kappa shape index (κ1) is 12.4. The number of halogens is 1. The van der Waals surface area contributed by atoms with Gasteiger partial charge in [0.25, 0.3) is 5.91 Å². The minimum Gasteiger partial charge on any atom is -0.506 e. The fraction of sp³-hybridized carbons (Fsp3) is 0. The molecule has 2 heterocycles. The molecule has 6 nitrogen and oxygen atoms in total. The molecule has 0 atom stereocenters. The van der Waals surface area contributed by atoms with Gasteiger partial charge in [-0.05, 0) is 12.1 Å². The van der Waals surface area contributed by atoms with Crippen LogP contribution >= 0.6 is 11.6 Å². The number of fused-ring (bicyclic) bond motifs is 1. The molecule has 0 bridgehead atoms. The lowest BCUT2D eigenvalue weighted by Crippen LogP contribution is -2.11. The van der Waals surface area contributed by atoms with Gasteiger partial charge in [-0.1, -0.05) is 11.6 Å². The van der Waals surface area contributed by atoms with Gasteiger partial charge < -0.3 is 10.4 Å². The van der Waals surface area contributed by atoms with E-state index in [4.69, 9.17) is 11.6 Å². The summed E-state index contributed by atoms with van der Waals surface area (Å²) in [5.74, 6) is -0.430. The molecule has 0 aliphatic heterocycles. The number of carbonyl (C=O) groups excluding carboxylic acids is 1. The van der Waals surface area contributed by atoms with E-state index in [1.807, 2.05) is 0 Å². The third kappa shape index (κ3) is 2.17. The molecule has 3 rings (SSSR count). The van der Waals surface area contributed by atoms with E-state index in [1.165, 1.54) is 18.3 Å². The molecule has 7 heteroatoms. The van der Waals surface area contributed by atoms with Crippen molar-refractivity contribution >= 4 is 28.7 Å². The summed E-state index contributed by atoms with van der Waals surface area (Å²) >= 11 is 5.71. The van der Waals surface area contributed by atoms with Crippen LogP contribution in [0.4, 0.5) is 5.69 Å². The number of carbonyl (C=O) groups is 1. The molecular formula is C13H9ClN4O2. The van der Waals surface area contributed by atoms with Crippen molar-refractivity contribution in [1.29, 1.82) is 0 Å². The maximum Gasteiger partial charge on any atom is 0.259 e. The number of aromatic hydroxyl groups is 1. The second-order valence-corrected chi connectivity index (χ2v) is 4.49. The Kier molecular flexibility index (Phi) is 3.00. The maximum atomic E-state index is 12.2.